The highest BCUT2D eigenvalue weighted by Gasteiger charge is 2.30. The molecule has 0 amide bonds. The molecule has 5 heteroatoms. The third-order valence-corrected chi connectivity index (χ3v) is 4.30. The van der Waals surface area contributed by atoms with Gasteiger partial charge in [-0.3, -0.25) is 4.79 Å². The summed E-state index contributed by atoms with van der Waals surface area (Å²) in [6.45, 7) is 4.98. The Morgan fingerprint density at radius 1 is 1.71 bits per heavy atom. The zero-order chi connectivity index (χ0) is 12.4. The van der Waals surface area contributed by atoms with Crippen LogP contribution in [-0.2, 0) is 11.2 Å². The molecule has 2 heterocycles. The van der Waals surface area contributed by atoms with Gasteiger partial charge < -0.3 is 10.0 Å². The summed E-state index contributed by atoms with van der Waals surface area (Å²) in [5.74, 6) is -0.850. The predicted molar refractivity (Wildman–Crippen MR) is 68.7 cm³/mol. The Balaban J connectivity index is 2.06. The van der Waals surface area contributed by atoms with Crippen molar-refractivity contribution >= 4 is 22.4 Å². The highest BCUT2D eigenvalue weighted by Crippen LogP contribution is 2.30. The van der Waals surface area contributed by atoms with Crippen molar-refractivity contribution in [2.75, 3.05) is 11.4 Å². The largest absolute Gasteiger partial charge is 0.481 e. The first kappa shape index (κ1) is 12.4. The molecule has 1 aliphatic rings. The van der Waals surface area contributed by atoms with E-state index in [2.05, 4.69) is 29.1 Å². The second-order valence-electron chi connectivity index (χ2n) is 4.58. The second-order valence-corrected chi connectivity index (χ2v) is 5.41. The van der Waals surface area contributed by atoms with Crippen molar-refractivity contribution in [1.29, 1.82) is 0 Å². The van der Waals surface area contributed by atoms with Crippen molar-refractivity contribution in [3.8, 4) is 0 Å². The van der Waals surface area contributed by atoms with Gasteiger partial charge >= 0.3 is 5.97 Å². The molecule has 2 unspecified atom stereocenters. The van der Waals surface area contributed by atoms with Gasteiger partial charge in [-0.2, -0.15) is 0 Å². The maximum absolute atomic E-state index is 11.0. The van der Waals surface area contributed by atoms with Crippen LogP contribution in [0.5, 0.6) is 0 Å². The molecular formula is C12H18N2O2S. The first-order valence-electron chi connectivity index (χ1n) is 6.05. The molecule has 1 aromatic heterocycles. The van der Waals surface area contributed by atoms with Gasteiger partial charge in [0.2, 0.25) is 0 Å². The number of rotatable bonds is 3. The van der Waals surface area contributed by atoms with Gasteiger partial charge in [-0.1, -0.05) is 6.92 Å². The van der Waals surface area contributed by atoms with Gasteiger partial charge in [-0.05, 0) is 26.2 Å². The lowest BCUT2D eigenvalue weighted by Crippen LogP contribution is -2.42. The molecule has 4 nitrogen and oxygen atoms in total. The molecule has 1 fully saturated rings. The SMILES string of the molecule is CCc1csc(N2CCC(C(=O)O)CC2C)n1. The van der Waals surface area contributed by atoms with Gasteiger partial charge in [-0.25, -0.2) is 4.98 Å². The minimum atomic E-state index is -0.662. The Morgan fingerprint density at radius 3 is 3.00 bits per heavy atom. The maximum Gasteiger partial charge on any atom is 0.306 e. The van der Waals surface area contributed by atoms with Crippen molar-refractivity contribution in [3.63, 3.8) is 0 Å². The molecule has 2 rings (SSSR count). The van der Waals surface area contributed by atoms with E-state index in [9.17, 15) is 4.79 Å². The minimum absolute atomic E-state index is 0.188. The van der Waals surface area contributed by atoms with Crippen molar-refractivity contribution in [2.45, 2.75) is 39.2 Å². The fraction of sp³-hybridized carbons (Fsp3) is 0.667. The third kappa shape index (κ3) is 2.60. The van der Waals surface area contributed by atoms with Gasteiger partial charge in [0, 0.05) is 18.0 Å². The zero-order valence-corrected chi connectivity index (χ0v) is 11.0. The molecule has 2 atom stereocenters. The number of hydrogen-bond acceptors (Lipinski definition) is 4. The lowest BCUT2D eigenvalue weighted by Gasteiger charge is -2.36. The summed E-state index contributed by atoms with van der Waals surface area (Å²) in [6.07, 6.45) is 2.40. The van der Waals surface area contributed by atoms with Gasteiger partial charge in [0.1, 0.15) is 0 Å². The number of aliphatic carboxylic acids is 1. The summed E-state index contributed by atoms with van der Waals surface area (Å²) in [7, 11) is 0. The van der Waals surface area contributed by atoms with Gasteiger partial charge in [0.15, 0.2) is 5.13 Å². The van der Waals surface area contributed by atoms with Crippen LogP contribution in [0.25, 0.3) is 0 Å². The molecular weight excluding hydrogens is 236 g/mol. The lowest BCUT2D eigenvalue weighted by atomic mass is 9.92. The summed E-state index contributed by atoms with van der Waals surface area (Å²) in [4.78, 5) is 17.8. The second kappa shape index (κ2) is 5.04. The number of anilines is 1. The average Bonchev–Trinajstić information content (AvgIpc) is 2.77. The summed E-state index contributed by atoms with van der Waals surface area (Å²) >= 11 is 1.66. The standard InChI is InChI=1S/C12H18N2O2S/c1-3-10-7-17-12(13-10)14-5-4-9(11(15)16)6-8(14)2/h7-9H,3-6H2,1-2H3,(H,15,16). The van der Waals surface area contributed by atoms with Gasteiger partial charge in [0.25, 0.3) is 0 Å². The quantitative estimate of drug-likeness (QED) is 0.900. The van der Waals surface area contributed by atoms with Crippen LogP contribution in [0.15, 0.2) is 5.38 Å². The van der Waals surface area contributed by atoms with E-state index in [1.807, 2.05) is 0 Å². The molecule has 0 aliphatic carbocycles. The van der Waals surface area contributed by atoms with Crippen molar-refractivity contribution in [1.82, 2.24) is 4.98 Å². The van der Waals surface area contributed by atoms with Crippen LogP contribution in [-0.4, -0.2) is 28.6 Å². The topological polar surface area (TPSA) is 53.4 Å². The van der Waals surface area contributed by atoms with E-state index in [0.29, 0.717) is 0 Å². The van der Waals surface area contributed by atoms with Crippen LogP contribution in [0.2, 0.25) is 0 Å². The Bertz CT molecular complexity index is 405. The van der Waals surface area contributed by atoms with E-state index in [-0.39, 0.29) is 12.0 Å². The van der Waals surface area contributed by atoms with Crippen molar-refractivity contribution in [2.24, 2.45) is 5.92 Å². The third-order valence-electron chi connectivity index (χ3n) is 3.37. The number of carboxylic acid groups (broad SMARTS) is 1. The van der Waals surface area contributed by atoms with Crippen molar-refractivity contribution in [3.05, 3.63) is 11.1 Å². The molecule has 0 radical (unpaired) electrons. The van der Waals surface area contributed by atoms with Gasteiger partial charge in [-0.15, -0.1) is 11.3 Å². The number of aromatic nitrogens is 1. The molecule has 94 valence electrons. The van der Waals surface area contributed by atoms with Crippen LogP contribution >= 0.6 is 11.3 Å². The number of hydrogen-bond donors (Lipinski definition) is 1. The molecule has 1 aromatic rings. The Kier molecular flexibility index (Phi) is 3.66. The summed E-state index contributed by atoms with van der Waals surface area (Å²) in [5.41, 5.74) is 1.12. The van der Waals surface area contributed by atoms with E-state index >= 15 is 0 Å². The lowest BCUT2D eigenvalue weighted by molar-refractivity contribution is -0.142. The molecule has 0 aromatic carbocycles. The monoisotopic (exact) mass is 254 g/mol. The first-order valence-corrected chi connectivity index (χ1v) is 6.93. The van der Waals surface area contributed by atoms with Crippen molar-refractivity contribution < 1.29 is 9.90 Å². The van der Waals surface area contributed by atoms with Crippen LogP contribution in [0.3, 0.4) is 0 Å². The van der Waals surface area contributed by atoms with Crippen LogP contribution in [0.4, 0.5) is 5.13 Å². The minimum Gasteiger partial charge on any atom is -0.481 e. The normalized spacial score (nSPS) is 24.9. The number of piperidine rings is 1. The predicted octanol–water partition coefficient (Wildman–Crippen LogP) is 2.40. The molecule has 1 saturated heterocycles. The molecule has 1 aliphatic heterocycles. The smallest absolute Gasteiger partial charge is 0.306 e. The molecule has 0 spiro atoms. The Hall–Kier alpha value is -1.10. The number of carboxylic acids is 1. The Labute approximate surface area is 105 Å². The number of thiazole rings is 1. The maximum atomic E-state index is 11.0. The summed E-state index contributed by atoms with van der Waals surface area (Å²) < 4.78 is 0. The summed E-state index contributed by atoms with van der Waals surface area (Å²) in [6, 6.07) is 0.265. The molecule has 0 saturated carbocycles. The van der Waals surface area contributed by atoms with Crippen LogP contribution in [0.1, 0.15) is 32.4 Å². The molecule has 0 bridgehead atoms. The molecule has 17 heavy (non-hydrogen) atoms. The fourth-order valence-electron chi connectivity index (χ4n) is 2.27. The fourth-order valence-corrected chi connectivity index (χ4v) is 3.31. The first-order chi connectivity index (χ1) is 8.11. The van der Waals surface area contributed by atoms with Crippen LogP contribution in [0, 0.1) is 5.92 Å². The Morgan fingerprint density at radius 2 is 2.47 bits per heavy atom. The highest BCUT2D eigenvalue weighted by molar-refractivity contribution is 7.13. The summed E-state index contributed by atoms with van der Waals surface area (Å²) in [5, 5.41) is 12.2. The van der Waals surface area contributed by atoms with Gasteiger partial charge in [0.05, 0.1) is 11.6 Å². The zero-order valence-electron chi connectivity index (χ0n) is 10.2. The highest BCUT2D eigenvalue weighted by atomic mass is 32.1. The van der Waals surface area contributed by atoms with E-state index in [1.54, 1.807) is 11.3 Å². The number of carbonyl (C=O) groups is 1. The average molecular weight is 254 g/mol. The van der Waals surface area contributed by atoms with E-state index < -0.39 is 5.97 Å². The number of aryl methyl sites for hydroxylation is 1. The van der Waals surface area contributed by atoms with E-state index in [0.717, 1.165) is 36.6 Å². The van der Waals surface area contributed by atoms with E-state index in [1.165, 1.54) is 0 Å². The number of nitrogens with zero attached hydrogens (tertiary/aromatic N) is 2. The van der Waals surface area contributed by atoms with Crippen LogP contribution < -0.4 is 4.90 Å². The molecule has 1 N–H and O–H groups in total. The van der Waals surface area contributed by atoms with E-state index in [4.69, 9.17) is 5.11 Å².